The van der Waals surface area contributed by atoms with Crippen LogP contribution in [0.4, 0.5) is 0 Å². The second-order valence-electron chi connectivity index (χ2n) is 4.09. The predicted octanol–water partition coefficient (Wildman–Crippen LogP) is 2.48. The molecule has 18 heavy (non-hydrogen) atoms. The molecule has 0 atom stereocenters. The minimum absolute atomic E-state index is 0.585. The number of hydrogen-bond acceptors (Lipinski definition) is 3. The van der Waals surface area contributed by atoms with Crippen molar-refractivity contribution >= 4 is 11.6 Å². The Morgan fingerprint density at radius 2 is 2.22 bits per heavy atom. The molecule has 0 fully saturated rings. The minimum Gasteiger partial charge on any atom is -0.496 e. The summed E-state index contributed by atoms with van der Waals surface area (Å²) >= 11 is 6.15. The SMILES string of the molecule is COc1cc(C)c(Cl)cc1-c1cn(CCN)cn1. The zero-order chi connectivity index (χ0) is 13.1. The monoisotopic (exact) mass is 265 g/mol. The lowest BCUT2D eigenvalue weighted by atomic mass is 10.1. The molecule has 1 aromatic carbocycles. The van der Waals surface area contributed by atoms with Crippen LogP contribution >= 0.6 is 11.6 Å². The number of imidazole rings is 1. The van der Waals surface area contributed by atoms with E-state index in [4.69, 9.17) is 22.1 Å². The van der Waals surface area contributed by atoms with E-state index in [1.54, 1.807) is 13.4 Å². The van der Waals surface area contributed by atoms with Gasteiger partial charge >= 0.3 is 0 Å². The van der Waals surface area contributed by atoms with E-state index in [-0.39, 0.29) is 0 Å². The van der Waals surface area contributed by atoms with Crippen molar-refractivity contribution in [2.75, 3.05) is 13.7 Å². The molecule has 0 bridgehead atoms. The number of halogens is 1. The van der Waals surface area contributed by atoms with Gasteiger partial charge in [-0.25, -0.2) is 4.98 Å². The lowest BCUT2D eigenvalue weighted by Crippen LogP contribution is -2.07. The topological polar surface area (TPSA) is 53.1 Å². The quantitative estimate of drug-likeness (QED) is 0.924. The van der Waals surface area contributed by atoms with Crippen LogP contribution < -0.4 is 10.5 Å². The van der Waals surface area contributed by atoms with E-state index in [1.165, 1.54) is 0 Å². The maximum absolute atomic E-state index is 6.15. The number of rotatable bonds is 4. The first kappa shape index (κ1) is 12.9. The van der Waals surface area contributed by atoms with Crippen LogP contribution in [0, 0.1) is 6.92 Å². The fourth-order valence-corrected chi connectivity index (χ4v) is 1.96. The summed E-state index contributed by atoms with van der Waals surface area (Å²) in [4.78, 5) is 4.35. The summed E-state index contributed by atoms with van der Waals surface area (Å²) in [6.45, 7) is 3.28. The maximum Gasteiger partial charge on any atom is 0.128 e. The van der Waals surface area contributed by atoms with E-state index in [0.29, 0.717) is 11.6 Å². The number of nitrogens with zero attached hydrogens (tertiary/aromatic N) is 2. The molecule has 5 heteroatoms. The lowest BCUT2D eigenvalue weighted by Gasteiger charge is -2.09. The van der Waals surface area contributed by atoms with Crippen molar-refractivity contribution < 1.29 is 4.74 Å². The van der Waals surface area contributed by atoms with Crippen molar-refractivity contribution in [3.05, 3.63) is 35.2 Å². The van der Waals surface area contributed by atoms with Crippen molar-refractivity contribution in [1.29, 1.82) is 0 Å². The Balaban J connectivity index is 2.45. The van der Waals surface area contributed by atoms with Gasteiger partial charge in [0.2, 0.25) is 0 Å². The van der Waals surface area contributed by atoms with Gasteiger partial charge in [0.1, 0.15) is 5.75 Å². The Morgan fingerprint density at radius 3 is 2.89 bits per heavy atom. The van der Waals surface area contributed by atoms with Crippen molar-refractivity contribution in [2.45, 2.75) is 13.5 Å². The van der Waals surface area contributed by atoms with E-state index in [0.717, 1.165) is 29.1 Å². The molecule has 4 nitrogen and oxygen atoms in total. The average molecular weight is 266 g/mol. The largest absolute Gasteiger partial charge is 0.496 e. The van der Waals surface area contributed by atoms with E-state index in [2.05, 4.69) is 4.98 Å². The van der Waals surface area contributed by atoms with Crippen LogP contribution in [0.1, 0.15) is 5.56 Å². The molecule has 96 valence electrons. The Morgan fingerprint density at radius 1 is 1.44 bits per heavy atom. The molecule has 0 aliphatic heterocycles. The number of nitrogens with two attached hydrogens (primary N) is 1. The summed E-state index contributed by atoms with van der Waals surface area (Å²) in [5.41, 5.74) is 8.23. The highest BCUT2D eigenvalue weighted by Crippen LogP contribution is 2.33. The first-order valence-electron chi connectivity index (χ1n) is 5.72. The summed E-state index contributed by atoms with van der Waals surface area (Å²) in [6, 6.07) is 3.80. The molecular formula is C13H16ClN3O. The van der Waals surface area contributed by atoms with E-state index < -0.39 is 0 Å². The smallest absolute Gasteiger partial charge is 0.128 e. The third kappa shape index (κ3) is 2.49. The number of hydrogen-bond donors (Lipinski definition) is 1. The van der Waals surface area contributed by atoms with Crippen molar-refractivity contribution in [3.63, 3.8) is 0 Å². The molecule has 0 unspecified atom stereocenters. The van der Waals surface area contributed by atoms with Crippen molar-refractivity contribution in [2.24, 2.45) is 5.73 Å². The molecule has 1 aromatic heterocycles. The number of benzene rings is 1. The maximum atomic E-state index is 6.15. The molecule has 0 aliphatic rings. The van der Waals surface area contributed by atoms with Crippen LogP contribution in [0.25, 0.3) is 11.3 Å². The third-order valence-corrected chi connectivity index (χ3v) is 3.18. The normalized spacial score (nSPS) is 10.7. The number of aryl methyl sites for hydroxylation is 1. The predicted molar refractivity (Wildman–Crippen MR) is 73.0 cm³/mol. The average Bonchev–Trinajstić information content (AvgIpc) is 2.81. The third-order valence-electron chi connectivity index (χ3n) is 2.78. The molecule has 2 N–H and O–H groups in total. The highest BCUT2D eigenvalue weighted by atomic mass is 35.5. The molecule has 0 aliphatic carbocycles. The summed E-state index contributed by atoms with van der Waals surface area (Å²) in [7, 11) is 1.64. The van der Waals surface area contributed by atoms with Gasteiger partial charge in [-0.3, -0.25) is 0 Å². The molecule has 0 amide bonds. The zero-order valence-corrected chi connectivity index (χ0v) is 11.2. The van der Waals surface area contributed by atoms with Crippen LogP contribution in [-0.4, -0.2) is 23.2 Å². The molecule has 1 heterocycles. The van der Waals surface area contributed by atoms with E-state index in [1.807, 2.05) is 29.8 Å². The van der Waals surface area contributed by atoms with Crippen LogP contribution in [0.3, 0.4) is 0 Å². The van der Waals surface area contributed by atoms with Gasteiger partial charge in [0.25, 0.3) is 0 Å². The van der Waals surface area contributed by atoms with Gasteiger partial charge in [0, 0.05) is 29.9 Å². The summed E-state index contributed by atoms with van der Waals surface area (Å²) < 4.78 is 7.32. The van der Waals surface area contributed by atoms with Gasteiger partial charge in [-0.05, 0) is 24.6 Å². The summed E-state index contributed by atoms with van der Waals surface area (Å²) in [5, 5.41) is 0.708. The number of methoxy groups -OCH3 is 1. The Hall–Kier alpha value is -1.52. The van der Waals surface area contributed by atoms with Crippen LogP contribution in [0.15, 0.2) is 24.7 Å². The van der Waals surface area contributed by atoms with Gasteiger partial charge in [0.15, 0.2) is 0 Å². The first-order chi connectivity index (χ1) is 8.65. The van der Waals surface area contributed by atoms with E-state index >= 15 is 0 Å². The highest BCUT2D eigenvalue weighted by Gasteiger charge is 2.11. The Kier molecular flexibility index (Phi) is 3.89. The molecular weight excluding hydrogens is 250 g/mol. The van der Waals surface area contributed by atoms with Gasteiger partial charge in [-0.2, -0.15) is 0 Å². The minimum atomic E-state index is 0.585. The van der Waals surface area contributed by atoms with Crippen LogP contribution in [-0.2, 0) is 6.54 Å². The Labute approximate surface area is 111 Å². The summed E-state index contributed by atoms with van der Waals surface area (Å²) in [6.07, 6.45) is 3.70. The fraction of sp³-hybridized carbons (Fsp3) is 0.308. The molecule has 2 aromatic rings. The zero-order valence-electron chi connectivity index (χ0n) is 10.5. The Bertz CT molecular complexity index is 551. The highest BCUT2D eigenvalue weighted by molar-refractivity contribution is 6.31. The van der Waals surface area contributed by atoms with Crippen molar-refractivity contribution in [3.8, 4) is 17.0 Å². The standard InChI is InChI=1S/C13H16ClN3O/c1-9-5-13(18-2)10(6-11(9)14)12-7-17(4-3-15)8-16-12/h5-8H,3-4,15H2,1-2H3. The van der Waals surface area contributed by atoms with E-state index in [9.17, 15) is 0 Å². The second kappa shape index (κ2) is 5.42. The number of ether oxygens (including phenoxy) is 1. The van der Waals surface area contributed by atoms with Crippen LogP contribution in [0.5, 0.6) is 5.75 Å². The van der Waals surface area contributed by atoms with Gasteiger partial charge in [0.05, 0.1) is 19.1 Å². The fourth-order valence-electron chi connectivity index (χ4n) is 1.79. The van der Waals surface area contributed by atoms with Gasteiger partial charge in [-0.15, -0.1) is 0 Å². The molecule has 0 saturated carbocycles. The lowest BCUT2D eigenvalue weighted by molar-refractivity contribution is 0.416. The molecule has 2 rings (SSSR count). The van der Waals surface area contributed by atoms with Gasteiger partial charge in [-0.1, -0.05) is 11.6 Å². The number of aromatic nitrogens is 2. The molecule has 0 saturated heterocycles. The van der Waals surface area contributed by atoms with Crippen molar-refractivity contribution in [1.82, 2.24) is 9.55 Å². The molecule has 0 radical (unpaired) electrons. The first-order valence-corrected chi connectivity index (χ1v) is 6.10. The van der Waals surface area contributed by atoms with Gasteiger partial charge < -0.3 is 15.0 Å². The summed E-state index contributed by atoms with van der Waals surface area (Å²) in [5.74, 6) is 0.773. The molecule has 0 spiro atoms. The van der Waals surface area contributed by atoms with Crippen LogP contribution in [0.2, 0.25) is 5.02 Å². The second-order valence-corrected chi connectivity index (χ2v) is 4.49.